The average Bonchev–Trinajstić information content (AvgIpc) is 3.53. The van der Waals surface area contributed by atoms with Gasteiger partial charge in [0, 0.05) is 16.3 Å². The molecule has 1 aliphatic carbocycles. The van der Waals surface area contributed by atoms with Gasteiger partial charge in [-0.25, -0.2) is 0 Å². The van der Waals surface area contributed by atoms with Gasteiger partial charge in [-0.2, -0.15) is 28.1 Å². The summed E-state index contributed by atoms with van der Waals surface area (Å²) in [5, 5.41) is 6.64. The summed E-state index contributed by atoms with van der Waals surface area (Å²) in [7, 11) is 0. The number of rotatable bonds is 8. The maximum atomic E-state index is 12.7. The highest BCUT2D eigenvalue weighted by Crippen LogP contribution is 2.48. The van der Waals surface area contributed by atoms with Crippen LogP contribution in [0, 0.1) is 0 Å². The Bertz CT molecular complexity index is 1150. The fourth-order valence-corrected chi connectivity index (χ4v) is 3.25. The lowest BCUT2D eigenvalue weighted by molar-refractivity contribution is -0.154. The molecule has 0 atom stereocenters. The number of hydrogen-bond donors (Lipinski definition) is 3. The van der Waals surface area contributed by atoms with Gasteiger partial charge in [-0.15, -0.1) is 0 Å². The van der Waals surface area contributed by atoms with Crippen molar-refractivity contribution in [1.29, 1.82) is 0 Å². The number of primary amides is 1. The van der Waals surface area contributed by atoms with Crippen molar-refractivity contribution in [1.82, 2.24) is 15.0 Å². The first-order valence-corrected chi connectivity index (χ1v) is 10.2. The van der Waals surface area contributed by atoms with Gasteiger partial charge in [0.05, 0.1) is 5.54 Å². The summed E-state index contributed by atoms with van der Waals surface area (Å²) in [5.41, 5.74) is 6.49. The Morgan fingerprint density at radius 3 is 2.24 bits per heavy atom. The molecule has 1 saturated carbocycles. The number of nitrogens with one attached hydrogen (secondary N) is 2. The Kier molecular flexibility index (Phi) is 5.98. The quantitative estimate of drug-likeness (QED) is 0.439. The number of benzene rings is 2. The smallest absolute Gasteiger partial charge is 0.422 e. The van der Waals surface area contributed by atoms with Crippen LogP contribution in [0.4, 0.5) is 30.8 Å². The Labute approximate surface area is 191 Å². The number of carbonyl (C=O) groups excluding carboxylic acids is 1. The first kappa shape index (κ1) is 22.6. The summed E-state index contributed by atoms with van der Waals surface area (Å²) in [6, 6.07) is 12.9. The molecule has 3 aromatic rings. The number of ether oxygens (including phenoxy) is 1. The maximum Gasteiger partial charge on any atom is 0.422 e. The molecule has 0 aliphatic heterocycles. The van der Waals surface area contributed by atoms with Gasteiger partial charge in [-0.05, 0) is 54.8 Å². The fraction of sp³-hybridized carbons (Fsp3) is 0.238. The summed E-state index contributed by atoms with van der Waals surface area (Å²) in [5.74, 6) is -0.581. The Hall–Kier alpha value is -3.60. The molecular formula is C21H18ClF3N6O2. The Balaban J connectivity index is 1.60. The molecule has 0 radical (unpaired) electrons. The van der Waals surface area contributed by atoms with Crippen LogP contribution in [0.5, 0.6) is 6.01 Å². The summed E-state index contributed by atoms with van der Waals surface area (Å²) in [6.07, 6.45) is -3.01. The van der Waals surface area contributed by atoms with Gasteiger partial charge in [-0.1, -0.05) is 23.7 Å². The zero-order valence-electron chi connectivity index (χ0n) is 17.0. The molecule has 1 aliphatic rings. The van der Waals surface area contributed by atoms with Gasteiger partial charge in [0.25, 0.3) is 0 Å². The average molecular weight is 479 g/mol. The van der Waals surface area contributed by atoms with Gasteiger partial charge >= 0.3 is 12.2 Å². The summed E-state index contributed by atoms with van der Waals surface area (Å²) < 4.78 is 42.7. The molecule has 4 rings (SSSR count). The molecule has 12 heteroatoms. The summed E-state index contributed by atoms with van der Waals surface area (Å²) >= 11 is 5.96. The van der Waals surface area contributed by atoms with E-state index >= 15 is 0 Å². The van der Waals surface area contributed by atoms with Crippen LogP contribution < -0.4 is 21.1 Å². The van der Waals surface area contributed by atoms with Crippen molar-refractivity contribution < 1.29 is 22.7 Å². The molecule has 0 spiro atoms. The molecule has 1 fully saturated rings. The molecular weight excluding hydrogens is 461 g/mol. The monoisotopic (exact) mass is 478 g/mol. The third-order valence-corrected chi connectivity index (χ3v) is 5.16. The predicted octanol–water partition coefficient (Wildman–Crippen LogP) is 4.41. The number of halogens is 4. The zero-order valence-corrected chi connectivity index (χ0v) is 17.7. The highest BCUT2D eigenvalue weighted by Gasteiger charge is 2.45. The van der Waals surface area contributed by atoms with E-state index in [1.165, 1.54) is 12.1 Å². The van der Waals surface area contributed by atoms with Crippen molar-refractivity contribution in [3.8, 4) is 6.01 Å². The van der Waals surface area contributed by atoms with Gasteiger partial charge in [-0.3, -0.25) is 4.79 Å². The van der Waals surface area contributed by atoms with E-state index in [0.717, 1.165) is 18.4 Å². The predicted molar refractivity (Wildman–Crippen MR) is 116 cm³/mol. The minimum atomic E-state index is -4.56. The fourth-order valence-electron chi connectivity index (χ4n) is 3.12. The second kappa shape index (κ2) is 8.74. The largest absolute Gasteiger partial charge is 0.454 e. The third kappa shape index (κ3) is 5.80. The van der Waals surface area contributed by atoms with E-state index in [0.29, 0.717) is 16.3 Å². The van der Waals surface area contributed by atoms with Crippen LogP contribution in [0.1, 0.15) is 28.8 Å². The first-order valence-electron chi connectivity index (χ1n) is 9.79. The third-order valence-electron chi connectivity index (χ3n) is 4.90. The lowest BCUT2D eigenvalue weighted by Gasteiger charge is -2.19. The molecule has 0 unspecified atom stereocenters. The molecule has 1 aromatic heterocycles. The van der Waals surface area contributed by atoms with Crippen LogP contribution in [0.25, 0.3) is 0 Å². The van der Waals surface area contributed by atoms with E-state index in [-0.39, 0.29) is 11.9 Å². The van der Waals surface area contributed by atoms with E-state index in [1.54, 1.807) is 24.3 Å². The van der Waals surface area contributed by atoms with E-state index < -0.39 is 30.2 Å². The lowest BCUT2D eigenvalue weighted by atomic mass is 10.1. The number of aromatic nitrogens is 3. The van der Waals surface area contributed by atoms with Crippen LogP contribution in [-0.4, -0.2) is 33.6 Å². The van der Waals surface area contributed by atoms with Gasteiger partial charge in [0.2, 0.25) is 17.8 Å². The van der Waals surface area contributed by atoms with Crippen molar-refractivity contribution >= 4 is 35.1 Å². The van der Waals surface area contributed by atoms with Crippen LogP contribution >= 0.6 is 11.6 Å². The molecule has 0 bridgehead atoms. The highest BCUT2D eigenvalue weighted by atomic mass is 35.5. The second-order valence-electron chi connectivity index (χ2n) is 7.45. The Morgan fingerprint density at radius 1 is 1.03 bits per heavy atom. The number of nitrogens with zero attached hydrogens (tertiary/aromatic N) is 3. The molecule has 0 saturated heterocycles. The van der Waals surface area contributed by atoms with Crippen LogP contribution in [-0.2, 0) is 5.54 Å². The Morgan fingerprint density at radius 2 is 1.67 bits per heavy atom. The van der Waals surface area contributed by atoms with Crippen LogP contribution in [0.15, 0.2) is 48.5 Å². The number of alkyl halides is 3. The second-order valence-corrected chi connectivity index (χ2v) is 7.89. The number of nitrogens with two attached hydrogens (primary N) is 1. The molecule has 172 valence electrons. The zero-order chi connectivity index (χ0) is 23.6. The van der Waals surface area contributed by atoms with Gasteiger partial charge < -0.3 is 21.1 Å². The SMILES string of the molecule is NC(=O)c1ccc(Nc2nc(NC3(c4ccc(Cl)cc4)CC3)nc(OCC(F)(F)F)n2)cc1. The molecule has 1 heterocycles. The molecule has 2 aromatic carbocycles. The van der Waals surface area contributed by atoms with Gasteiger partial charge in [0.15, 0.2) is 6.61 Å². The van der Waals surface area contributed by atoms with E-state index in [1.807, 2.05) is 12.1 Å². The lowest BCUT2D eigenvalue weighted by Crippen LogP contribution is -2.23. The van der Waals surface area contributed by atoms with E-state index in [2.05, 4.69) is 25.6 Å². The molecule has 1 amide bonds. The molecule has 8 nitrogen and oxygen atoms in total. The van der Waals surface area contributed by atoms with Crippen LogP contribution in [0.3, 0.4) is 0 Å². The number of anilines is 3. The highest BCUT2D eigenvalue weighted by molar-refractivity contribution is 6.30. The topological polar surface area (TPSA) is 115 Å². The first-order chi connectivity index (χ1) is 15.6. The number of amides is 1. The standard InChI is InChI=1S/C21H18ClF3N6O2/c22-14-5-3-13(4-6-14)20(9-10-20)31-18-28-17(29-19(30-18)33-11-21(23,24)25)27-15-7-1-12(2-8-15)16(26)32/h1-8H,9-11H2,(H2,26,32)(H2,27,28,29,30,31). The van der Waals surface area contributed by atoms with Crippen molar-refractivity contribution in [3.05, 3.63) is 64.7 Å². The van der Waals surface area contributed by atoms with Crippen molar-refractivity contribution in [3.63, 3.8) is 0 Å². The number of carbonyl (C=O) groups is 1. The summed E-state index contributed by atoms with van der Waals surface area (Å²) in [4.78, 5) is 23.4. The molecule has 33 heavy (non-hydrogen) atoms. The van der Waals surface area contributed by atoms with Gasteiger partial charge in [0.1, 0.15) is 0 Å². The normalized spacial score (nSPS) is 14.4. The van der Waals surface area contributed by atoms with Crippen molar-refractivity contribution in [2.24, 2.45) is 5.73 Å². The van der Waals surface area contributed by atoms with E-state index in [9.17, 15) is 18.0 Å². The van der Waals surface area contributed by atoms with Crippen molar-refractivity contribution in [2.75, 3.05) is 17.2 Å². The maximum absolute atomic E-state index is 12.7. The minimum absolute atomic E-state index is 0.0385. The van der Waals surface area contributed by atoms with E-state index in [4.69, 9.17) is 22.1 Å². The molecule has 4 N–H and O–H groups in total. The number of hydrogen-bond acceptors (Lipinski definition) is 7. The minimum Gasteiger partial charge on any atom is -0.454 e. The van der Waals surface area contributed by atoms with Crippen LogP contribution in [0.2, 0.25) is 5.02 Å². The van der Waals surface area contributed by atoms with Crippen molar-refractivity contribution in [2.45, 2.75) is 24.6 Å². The summed E-state index contributed by atoms with van der Waals surface area (Å²) in [6.45, 7) is -1.55.